The maximum atomic E-state index is 12.4. The topological polar surface area (TPSA) is 20.3 Å². The molecule has 18 heavy (non-hydrogen) atoms. The number of nitrogens with zero attached hydrogens (tertiary/aromatic N) is 1. The molecule has 1 heterocycles. The summed E-state index contributed by atoms with van der Waals surface area (Å²) in [5, 5.41) is 0. The summed E-state index contributed by atoms with van der Waals surface area (Å²) in [5.74, 6) is -1.71. The Bertz CT molecular complexity index is 416. The minimum atomic E-state index is -4.76. The lowest BCUT2D eigenvalue weighted by Gasteiger charge is -2.25. The summed E-state index contributed by atoms with van der Waals surface area (Å²) in [5.41, 5.74) is 0.962. The molecule has 1 fully saturated rings. The molecular formula is C13H14F3NO. The second-order valence-electron chi connectivity index (χ2n) is 4.48. The second-order valence-corrected chi connectivity index (χ2v) is 4.48. The normalized spacial score (nSPS) is 20.2. The van der Waals surface area contributed by atoms with Gasteiger partial charge in [0.05, 0.1) is 0 Å². The van der Waals surface area contributed by atoms with E-state index in [4.69, 9.17) is 0 Å². The van der Waals surface area contributed by atoms with E-state index in [2.05, 4.69) is 0 Å². The highest BCUT2D eigenvalue weighted by Gasteiger charge is 2.45. The SMILES string of the molecule is O=C(N1CCC[C@H]1Cc1ccccc1)C(F)(F)F. The van der Waals surface area contributed by atoms with E-state index >= 15 is 0 Å². The number of carbonyl (C=O) groups excluding carboxylic acids is 1. The molecule has 0 saturated carbocycles. The first kappa shape index (κ1) is 12.9. The Hall–Kier alpha value is -1.52. The predicted octanol–water partition coefficient (Wildman–Crippen LogP) is 2.78. The van der Waals surface area contributed by atoms with E-state index in [0.717, 1.165) is 10.5 Å². The number of hydrogen-bond donors (Lipinski definition) is 0. The number of alkyl halides is 3. The van der Waals surface area contributed by atoms with Crippen molar-refractivity contribution in [3.05, 3.63) is 35.9 Å². The van der Waals surface area contributed by atoms with Crippen LogP contribution >= 0.6 is 0 Å². The molecule has 98 valence electrons. The lowest BCUT2D eigenvalue weighted by molar-refractivity contribution is -0.186. The van der Waals surface area contributed by atoms with Crippen molar-refractivity contribution in [2.45, 2.75) is 31.5 Å². The summed E-state index contributed by atoms with van der Waals surface area (Å²) in [6.07, 6.45) is -3.00. The molecule has 0 aliphatic carbocycles. The molecule has 0 radical (unpaired) electrons. The van der Waals surface area contributed by atoms with Crippen molar-refractivity contribution < 1.29 is 18.0 Å². The molecule has 0 aromatic heterocycles. The van der Waals surface area contributed by atoms with Gasteiger partial charge in [-0.15, -0.1) is 0 Å². The van der Waals surface area contributed by atoms with Gasteiger partial charge in [0.2, 0.25) is 0 Å². The first-order valence-corrected chi connectivity index (χ1v) is 5.90. The van der Waals surface area contributed by atoms with Crippen LogP contribution in [0.3, 0.4) is 0 Å². The highest BCUT2D eigenvalue weighted by atomic mass is 19.4. The van der Waals surface area contributed by atoms with Gasteiger partial charge in [-0.2, -0.15) is 13.2 Å². The molecule has 1 amide bonds. The number of carbonyl (C=O) groups is 1. The first-order chi connectivity index (χ1) is 8.48. The number of benzene rings is 1. The van der Waals surface area contributed by atoms with Crippen LogP contribution in [0.15, 0.2) is 30.3 Å². The van der Waals surface area contributed by atoms with Gasteiger partial charge >= 0.3 is 12.1 Å². The third kappa shape index (κ3) is 2.83. The lowest BCUT2D eigenvalue weighted by Crippen LogP contribution is -2.44. The molecule has 1 aliphatic heterocycles. The quantitative estimate of drug-likeness (QED) is 0.797. The van der Waals surface area contributed by atoms with Crippen LogP contribution < -0.4 is 0 Å². The van der Waals surface area contributed by atoms with E-state index in [0.29, 0.717) is 19.3 Å². The number of halogens is 3. The molecule has 1 aromatic rings. The predicted molar refractivity (Wildman–Crippen MR) is 60.9 cm³/mol. The highest BCUT2D eigenvalue weighted by Crippen LogP contribution is 2.27. The summed E-state index contributed by atoms with van der Waals surface area (Å²) in [6.45, 7) is 0.204. The van der Waals surface area contributed by atoms with Crippen LogP contribution in [0.4, 0.5) is 13.2 Å². The monoisotopic (exact) mass is 257 g/mol. The Kier molecular flexibility index (Phi) is 3.59. The van der Waals surface area contributed by atoms with Crippen LogP contribution in [0.1, 0.15) is 18.4 Å². The maximum absolute atomic E-state index is 12.4. The zero-order valence-corrected chi connectivity index (χ0v) is 9.78. The van der Waals surface area contributed by atoms with Gasteiger partial charge in [-0.05, 0) is 24.8 Å². The van der Waals surface area contributed by atoms with Crippen molar-refractivity contribution in [2.75, 3.05) is 6.54 Å². The highest BCUT2D eigenvalue weighted by molar-refractivity contribution is 5.82. The Morgan fingerprint density at radius 2 is 1.94 bits per heavy atom. The van der Waals surface area contributed by atoms with E-state index in [-0.39, 0.29) is 12.6 Å². The van der Waals surface area contributed by atoms with Crippen molar-refractivity contribution >= 4 is 5.91 Å². The zero-order valence-electron chi connectivity index (χ0n) is 9.78. The minimum Gasteiger partial charge on any atom is -0.332 e. The molecule has 1 saturated heterocycles. The van der Waals surface area contributed by atoms with Crippen molar-refractivity contribution in [3.8, 4) is 0 Å². The zero-order chi connectivity index (χ0) is 13.2. The van der Waals surface area contributed by atoms with Gasteiger partial charge < -0.3 is 4.90 Å². The van der Waals surface area contributed by atoms with Crippen molar-refractivity contribution in [1.29, 1.82) is 0 Å². The van der Waals surface area contributed by atoms with Gasteiger partial charge in [0.25, 0.3) is 0 Å². The van der Waals surface area contributed by atoms with E-state index in [1.807, 2.05) is 30.3 Å². The van der Waals surface area contributed by atoms with Crippen LogP contribution in [-0.4, -0.2) is 29.6 Å². The van der Waals surface area contributed by atoms with E-state index < -0.39 is 12.1 Å². The van der Waals surface area contributed by atoms with Crippen LogP contribution in [-0.2, 0) is 11.2 Å². The van der Waals surface area contributed by atoms with Crippen LogP contribution in [0.5, 0.6) is 0 Å². The summed E-state index contributed by atoms with van der Waals surface area (Å²) < 4.78 is 37.3. The van der Waals surface area contributed by atoms with Gasteiger partial charge in [-0.1, -0.05) is 30.3 Å². The molecule has 0 N–H and O–H groups in total. The molecule has 0 spiro atoms. The molecule has 1 aromatic carbocycles. The number of rotatable bonds is 2. The molecule has 1 atom stereocenters. The Morgan fingerprint density at radius 3 is 2.56 bits per heavy atom. The molecule has 0 unspecified atom stereocenters. The first-order valence-electron chi connectivity index (χ1n) is 5.90. The van der Waals surface area contributed by atoms with Gasteiger partial charge in [0, 0.05) is 12.6 Å². The average Bonchev–Trinajstić information content (AvgIpc) is 2.76. The molecular weight excluding hydrogens is 243 g/mol. The smallest absolute Gasteiger partial charge is 0.332 e. The third-order valence-electron chi connectivity index (χ3n) is 3.19. The number of hydrogen-bond acceptors (Lipinski definition) is 1. The average molecular weight is 257 g/mol. The van der Waals surface area contributed by atoms with E-state index in [9.17, 15) is 18.0 Å². The van der Waals surface area contributed by atoms with Crippen LogP contribution in [0.2, 0.25) is 0 Å². The van der Waals surface area contributed by atoms with Gasteiger partial charge in [-0.3, -0.25) is 4.79 Å². The summed E-state index contributed by atoms with van der Waals surface area (Å²) >= 11 is 0. The maximum Gasteiger partial charge on any atom is 0.471 e. The van der Waals surface area contributed by atoms with Gasteiger partial charge in [-0.25, -0.2) is 0 Å². The fourth-order valence-electron chi connectivity index (χ4n) is 2.36. The molecule has 5 heteroatoms. The van der Waals surface area contributed by atoms with Crippen molar-refractivity contribution in [2.24, 2.45) is 0 Å². The Labute approximate surface area is 103 Å². The largest absolute Gasteiger partial charge is 0.471 e. The Morgan fingerprint density at radius 1 is 1.28 bits per heavy atom. The molecule has 2 nitrogen and oxygen atoms in total. The minimum absolute atomic E-state index is 0.204. The fourth-order valence-corrected chi connectivity index (χ4v) is 2.36. The van der Waals surface area contributed by atoms with Gasteiger partial charge in [0.1, 0.15) is 0 Å². The Balaban J connectivity index is 2.07. The number of likely N-dealkylation sites (tertiary alicyclic amines) is 1. The fraction of sp³-hybridized carbons (Fsp3) is 0.462. The molecule has 1 aliphatic rings. The van der Waals surface area contributed by atoms with E-state index in [1.54, 1.807) is 0 Å². The van der Waals surface area contributed by atoms with Crippen molar-refractivity contribution in [1.82, 2.24) is 4.90 Å². The summed E-state index contributed by atoms with van der Waals surface area (Å²) in [7, 11) is 0. The molecule has 2 rings (SSSR count). The van der Waals surface area contributed by atoms with Gasteiger partial charge in [0.15, 0.2) is 0 Å². The van der Waals surface area contributed by atoms with E-state index in [1.165, 1.54) is 0 Å². The summed E-state index contributed by atoms with van der Waals surface area (Å²) in [4.78, 5) is 12.2. The standard InChI is InChI=1S/C13H14F3NO/c14-13(15,16)12(18)17-8-4-7-11(17)9-10-5-2-1-3-6-10/h1-3,5-6,11H,4,7-9H2/t11-/m0/s1. The lowest BCUT2D eigenvalue weighted by atomic mass is 10.0. The molecule has 0 bridgehead atoms. The third-order valence-corrected chi connectivity index (χ3v) is 3.19. The van der Waals surface area contributed by atoms with Crippen LogP contribution in [0, 0.1) is 0 Å². The number of amides is 1. The second kappa shape index (κ2) is 5.00. The summed E-state index contributed by atoms with van der Waals surface area (Å²) in [6, 6.07) is 8.96. The van der Waals surface area contributed by atoms with Crippen molar-refractivity contribution in [3.63, 3.8) is 0 Å². The van der Waals surface area contributed by atoms with Crippen LogP contribution in [0.25, 0.3) is 0 Å².